The zero-order valence-corrected chi connectivity index (χ0v) is 21.3. The lowest BCUT2D eigenvalue weighted by Gasteiger charge is -2.29. The van der Waals surface area contributed by atoms with Crippen LogP contribution in [-0.4, -0.2) is 37.4 Å². The van der Waals surface area contributed by atoms with Crippen LogP contribution in [0.5, 0.6) is 0 Å². The molecule has 13 heteroatoms. The molecule has 0 radical (unpaired) electrons. The number of halogens is 5. The topological polar surface area (TPSA) is 111 Å². The molecule has 2 fully saturated rings. The Balaban J connectivity index is 1.52. The van der Waals surface area contributed by atoms with Crippen LogP contribution in [0.2, 0.25) is 15.1 Å². The van der Waals surface area contributed by atoms with E-state index in [-0.39, 0.29) is 36.7 Å². The molecule has 5 rings (SSSR count). The Labute approximate surface area is 220 Å². The number of alkyl halides is 2. The van der Waals surface area contributed by atoms with Gasteiger partial charge in [0.05, 0.1) is 21.9 Å². The number of amides is 1. The summed E-state index contributed by atoms with van der Waals surface area (Å²) in [5, 5.41) is 7.29. The van der Waals surface area contributed by atoms with Crippen LogP contribution >= 0.6 is 34.8 Å². The van der Waals surface area contributed by atoms with Crippen LogP contribution in [0.15, 0.2) is 18.3 Å². The highest BCUT2D eigenvalue weighted by Crippen LogP contribution is 2.40. The molecule has 2 aliphatic rings. The van der Waals surface area contributed by atoms with Crippen molar-refractivity contribution >= 4 is 69.5 Å². The van der Waals surface area contributed by atoms with Gasteiger partial charge in [0, 0.05) is 35.9 Å². The van der Waals surface area contributed by atoms with Crippen LogP contribution in [0.3, 0.4) is 0 Å². The first-order chi connectivity index (χ1) is 17.1. The highest BCUT2D eigenvalue weighted by molar-refractivity contribution is 6.41. The van der Waals surface area contributed by atoms with E-state index in [1.54, 1.807) is 18.3 Å². The number of nitrogens with two attached hydrogens (primary N) is 1. The lowest BCUT2D eigenvalue weighted by Crippen LogP contribution is -2.29. The van der Waals surface area contributed by atoms with E-state index >= 15 is 0 Å². The summed E-state index contributed by atoms with van der Waals surface area (Å²) in [7, 11) is 0. The fourth-order valence-corrected chi connectivity index (χ4v) is 5.95. The van der Waals surface area contributed by atoms with E-state index in [0.717, 1.165) is 0 Å². The van der Waals surface area contributed by atoms with E-state index in [9.17, 15) is 13.6 Å². The lowest BCUT2D eigenvalue weighted by molar-refractivity contribution is -0.122. The number of carbonyl (C=O) groups is 1. The number of anilines is 3. The molecule has 1 aromatic carbocycles. The Hall–Kier alpha value is -2.43. The van der Waals surface area contributed by atoms with Gasteiger partial charge in [-0.05, 0) is 44.2 Å². The highest BCUT2D eigenvalue weighted by atomic mass is 35.5. The molecular weight excluding hydrogens is 535 g/mol. The number of carbonyl (C=O) groups excluding carboxylic acids is 1. The van der Waals surface area contributed by atoms with Gasteiger partial charge < -0.3 is 16.4 Å². The predicted octanol–water partition coefficient (Wildman–Crippen LogP) is 6.35. The molecule has 0 spiro atoms. The first kappa shape index (κ1) is 25.2. The molecule has 0 bridgehead atoms. The van der Waals surface area contributed by atoms with Crippen molar-refractivity contribution in [3.05, 3.63) is 33.4 Å². The van der Waals surface area contributed by atoms with E-state index in [2.05, 4.69) is 25.6 Å². The number of hydrogen-bond acceptors (Lipinski definition) is 6. The predicted molar refractivity (Wildman–Crippen MR) is 136 cm³/mol. The van der Waals surface area contributed by atoms with Crippen LogP contribution in [0, 0.1) is 5.92 Å². The van der Waals surface area contributed by atoms with Crippen molar-refractivity contribution in [2.45, 2.75) is 63.0 Å². The summed E-state index contributed by atoms with van der Waals surface area (Å²) < 4.78 is 29.3. The molecule has 1 atom stereocenters. The fourth-order valence-electron chi connectivity index (χ4n) is 5.04. The standard InChI is InChI=1S/C23H24Cl3F2N7O/c24-12-7-15(25)18(16(26)8-12)33-22-32-17-10-30-21(31-13-5-6-23(27,28)9-13)34-20(17)35(22)14-3-1-11(2-4-14)19(29)36/h7-8,10-11,13-14H,1-6,9H2,(H2,29,36)(H,32,33)(H,30,31,34)/t11-,13-,14-/m0/s1. The van der Waals surface area contributed by atoms with E-state index in [1.165, 1.54) is 0 Å². The summed E-state index contributed by atoms with van der Waals surface area (Å²) in [6.07, 6.45) is 4.10. The number of nitrogens with zero attached hydrogens (tertiary/aromatic N) is 4. The molecule has 36 heavy (non-hydrogen) atoms. The molecule has 8 nitrogen and oxygen atoms in total. The van der Waals surface area contributed by atoms with Gasteiger partial charge in [0.15, 0.2) is 5.65 Å². The number of hydrogen-bond donors (Lipinski definition) is 3. The second-order valence-electron chi connectivity index (χ2n) is 9.43. The number of primary amides is 1. The summed E-state index contributed by atoms with van der Waals surface area (Å²) in [5.41, 5.74) is 7.00. The van der Waals surface area contributed by atoms with Gasteiger partial charge >= 0.3 is 0 Å². The van der Waals surface area contributed by atoms with Gasteiger partial charge in [-0.2, -0.15) is 4.98 Å². The average Bonchev–Trinajstić information content (AvgIpc) is 3.34. The minimum absolute atomic E-state index is 0.0449. The Morgan fingerprint density at radius 3 is 2.39 bits per heavy atom. The summed E-state index contributed by atoms with van der Waals surface area (Å²) in [4.78, 5) is 25.3. The van der Waals surface area contributed by atoms with Crippen molar-refractivity contribution in [1.82, 2.24) is 19.5 Å². The van der Waals surface area contributed by atoms with Gasteiger partial charge in [0.1, 0.15) is 5.52 Å². The molecule has 3 aromatic rings. The third kappa shape index (κ3) is 5.17. The lowest BCUT2D eigenvalue weighted by atomic mass is 9.85. The van der Waals surface area contributed by atoms with E-state index in [4.69, 9.17) is 40.5 Å². The quantitative estimate of drug-likeness (QED) is 0.325. The first-order valence-electron chi connectivity index (χ1n) is 11.7. The van der Waals surface area contributed by atoms with E-state index in [1.807, 2.05) is 4.57 Å². The number of rotatable bonds is 6. The van der Waals surface area contributed by atoms with Crippen LogP contribution < -0.4 is 16.4 Å². The van der Waals surface area contributed by atoms with Gasteiger partial charge in [-0.25, -0.2) is 18.7 Å². The number of benzene rings is 1. The molecule has 0 saturated heterocycles. The number of fused-ring (bicyclic) bond motifs is 1. The van der Waals surface area contributed by atoms with Gasteiger partial charge in [-0.3, -0.25) is 9.36 Å². The van der Waals surface area contributed by atoms with Crippen molar-refractivity contribution in [3.8, 4) is 0 Å². The van der Waals surface area contributed by atoms with Gasteiger partial charge in [-0.1, -0.05) is 34.8 Å². The SMILES string of the molecule is NC(=O)[C@H]1CC[C@H](n2c(Nc3c(Cl)cc(Cl)cc3Cl)nc3cnc(N[C@H]4CCC(F)(F)C4)nc32)CC1. The average molecular weight is 559 g/mol. The Bertz CT molecular complexity index is 1290. The Kier molecular flexibility index (Phi) is 6.86. The molecule has 2 aliphatic carbocycles. The normalized spacial score (nSPS) is 23.6. The van der Waals surface area contributed by atoms with Gasteiger partial charge in [0.2, 0.25) is 23.7 Å². The maximum atomic E-state index is 13.7. The number of aromatic nitrogens is 4. The highest BCUT2D eigenvalue weighted by Gasteiger charge is 2.39. The molecule has 2 saturated carbocycles. The third-order valence-corrected chi connectivity index (χ3v) is 7.69. The monoisotopic (exact) mass is 557 g/mol. The Morgan fingerprint density at radius 1 is 1.08 bits per heavy atom. The molecule has 0 aliphatic heterocycles. The first-order valence-corrected chi connectivity index (χ1v) is 12.8. The summed E-state index contributed by atoms with van der Waals surface area (Å²) in [5.74, 6) is -2.46. The van der Waals surface area contributed by atoms with Crippen LogP contribution in [-0.2, 0) is 4.79 Å². The zero-order valence-electron chi connectivity index (χ0n) is 19.1. The van der Waals surface area contributed by atoms with Crippen molar-refractivity contribution in [2.75, 3.05) is 10.6 Å². The second-order valence-corrected chi connectivity index (χ2v) is 10.7. The molecule has 0 unspecified atom stereocenters. The van der Waals surface area contributed by atoms with Gasteiger partial charge in [0.25, 0.3) is 0 Å². The summed E-state index contributed by atoms with van der Waals surface area (Å²) >= 11 is 18.9. The van der Waals surface area contributed by atoms with Gasteiger partial charge in [-0.15, -0.1) is 0 Å². The number of imidazole rings is 1. The fraction of sp³-hybridized carbons (Fsp3) is 0.478. The molecule has 1 amide bonds. The summed E-state index contributed by atoms with van der Waals surface area (Å²) in [6, 6.07) is 2.68. The van der Waals surface area contributed by atoms with E-state index in [0.29, 0.717) is 70.0 Å². The molecule has 192 valence electrons. The van der Waals surface area contributed by atoms with E-state index < -0.39 is 12.0 Å². The van der Waals surface area contributed by atoms with Crippen molar-refractivity contribution in [2.24, 2.45) is 11.7 Å². The summed E-state index contributed by atoms with van der Waals surface area (Å²) in [6.45, 7) is 0. The maximum Gasteiger partial charge on any atom is 0.250 e. The molecule has 4 N–H and O–H groups in total. The van der Waals surface area contributed by atoms with Crippen molar-refractivity contribution in [1.29, 1.82) is 0 Å². The zero-order chi connectivity index (χ0) is 25.6. The van der Waals surface area contributed by atoms with Crippen molar-refractivity contribution in [3.63, 3.8) is 0 Å². The minimum atomic E-state index is -2.68. The number of nitrogens with one attached hydrogen (secondary N) is 2. The minimum Gasteiger partial charge on any atom is -0.369 e. The van der Waals surface area contributed by atoms with Crippen LogP contribution in [0.1, 0.15) is 51.0 Å². The smallest absolute Gasteiger partial charge is 0.250 e. The Morgan fingerprint density at radius 2 is 1.78 bits per heavy atom. The third-order valence-electron chi connectivity index (χ3n) is 6.88. The second kappa shape index (κ2) is 9.79. The molecule has 2 heterocycles. The van der Waals surface area contributed by atoms with Crippen LogP contribution in [0.25, 0.3) is 11.2 Å². The molecule has 2 aromatic heterocycles. The van der Waals surface area contributed by atoms with Crippen molar-refractivity contribution < 1.29 is 13.6 Å². The molecular formula is C23H24Cl3F2N7O. The maximum absolute atomic E-state index is 13.7. The van der Waals surface area contributed by atoms with Crippen LogP contribution in [0.4, 0.5) is 26.4 Å². The largest absolute Gasteiger partial charge is 0.369 e.